The summed E-state index contributed by atoms with van der Waals surface area (Å²) in [7, 11) is 1.81. The molecule has 0 aliphatic carbocycles. The quantitative estimate of drug-likeness (QED) is 0.662. The van der Waals surface area contributed by atoms with E-state index in [2.05, 4.69) is 5.32 Å². The van der Waals surface area contributed by atoms with Crippen LogP contribution in [0.1, 0.15) is 20.3 Å². The summed E-state index contributed by atoms with van der Waals surface area (Å²) in [5.74, 6) is 0.161. The van der Waals surface area contributed by atoms with E-state index in [1.807, 2.05) is 25.8 Å². The Kier molecular flexibility index (Phi) is 3.50. The second kappa shape index (κ2) is 4.28. The highest BCUT2D eigenvalue weighted by atomic mass is 16.3. The second-order valence-electron chi connectivity index (χ2n) is 4.71. The second-order valence-corrected chi connectivity index (χ2v) is 4.71. The maximum atomic E-state index is 11.7. The Morgan fingerprint density at radius 1 is 1.64 bits per heavy atom. The molecule has 14 heavy (non-hydrogen) atoms. The number of likely N-dealkylation sites (N-methyl/N-ethyl adjacent to an activating group) is 1. The molecular weight excluding hydrogens is 180 g/mol. The third kappa shape index (κ3) is 2.45. The van der Waals surface area contributed by atoms with Crippen LogP contribution in [0, 0.1) is 5.41 Å². The molecule has 4 heteroatoms. The maximum Gasteiger partial charge on any atom is 0.239 e. The third-order valence-electron chi connectivity index (χ3n) is 2.69. The van der Waals surface area contributed by atoms with Crippen molar-refractivity contribution in [2.24, 2.45) is 5.41 Å². The fourth-order valence-corrected chi connectivity index (χ4v) is 1.73. The first-order valence-electron chi connectivity index (χ1n) is 5.07. The van der Waals surface area contributed by atoms with Gasteiger partial charge in [0.15, 0.2) is 0 Å². The highest BCUT2D eigenvalue weighted by molar-refractivity contribution is 5.83. The SMILES string of the molecule is CNC1CCN(CC(C)(C)CO)C1=O. The molecule has 1 fully saturated rings. The number of aliphatic hydroxyl groups excluding tert-OH is 1. The van der Waals surface area contributed by atoms with Crippen molar-refractivity contribution in [3.63, 3.8) is 0 Å². The fourth-order valence-electron chi connectivity index (χ4n) is 1.73. The summed E-state index contributed by atoms with van der Waals surface area (Å²) in [4.78, 5) is 13.5. The van der Waals surface area contributed by atoms with E-state index >= 15 is 0 Å². The number of amides is 1. The molecule has 0 aromatic rings. The normalized spacial score (nSPS) is 23.3. The lowest BCUT2D eigenvalue weighted by Gasteiger charge is -2.28. The average Bonchev–Trinajstić information content (AvgIpc) is 2.47. The number of aliphatic hydroxyl groups is 1. The minimum atomic E-state index is -0.196. The molecule has 2 N–H and O–H groups in total. The van der Waals surface area contributed by atoms with E-state index in [0.717, 1.165) is 13.0 Å². The van der Waals surface area contributed by atoms with Crippen molar-refractivity contribution in [3.8, 4) is 0 Å². The highest BCUT2D eigenvalue weighted by Gasteiger charge is 2.33. The van der Waals surface area contributed by atoms with Gasteiger partial charge in [-0.1, -0.05) is 13.8 Å². The molecule has 1 amide bonds. The topological polar surface area (TPSA) is 52.6 Å². The zero-order chi connectivity index (χ0) is 10.8. The van der Waals surface area contributed by atoms with E-state index in [1.165, 1.54) is 0 Å². The smallest absolute Gasteiger partial charge is 0.239 e. The monoisotopic (exact) mass is 200 g/mol. The summed E-state index contributed by atoms with van der Waals surface area (Å²) in [5.41, 5.74) is -0.196. The number of nitrogens with zero attached hydrogens (tertiary/aromatic N) is 1. The molecule has 1 saturated heterocycles. The molecule has 82 valence electrons. The summed E-state index contributed by atoms with van der Waals surface area (Å²) < 4.78 is 0. The fraction of sp³-hybridized carbons (Fsp3) is 0.900. The first-order chi connectivity index (χ1) is 6.50. The Morgan fingerprint density at radius 2 is 2.29 bits per heavy atom. The van der Waals surface area contributed by atoms with Crippen LogP contribution in [0.15, 0.2) is 0 Å². The minimum absolute atomic E-state index is 0.0236. The van der Waals surface area contributed by atoms with E-state index in [1.54, 1.807) is 0 Å². The van der Waals surface area contributed by atoms with Crippen LogP contribution in [0.5, 0.6) is 0 Å². The van der Waals surface area contributed by atoms with E-state index in [0.29, 0.717) is 6.54 Å². The van der Waals surface area contributed by atoms with Crippen molar-refractivity contribution >= 4 is 5.91 Å². The Morgan fingerprint density at radius 3 is 2.71 bits per heavy atom. The lowest BCUT2D eigenvalue weighted by atomic mass is 9.94. The largest absolute Gasteiger partial charge is 0.396 e. The van der Waals surface area contributed by atoms with Gasteiger partial charge in [-0.25, -0.2) is 0 Å². The molecule has 0 radical (unpaired) electrons. The molecule has 1 rings (SSSR count). The average molecular weight is 200 g/mol. The third-order valence-corrected chi connectivity index (χ3v) is 2.69. The number of hydrogen-bond donors (Lipinski definition) is 2. The molecule has 1 atom stereocenters. The zero-order valence-corrected chi connectivity index (χ0v) is 9.21. The van der Waals surface area contributed by atoms with Gasteiger partial charge in [-0.2, -0.15) is 0 Å². The van der Waals surface area contributed by atoms with Gasteiger partial charge in [0.05, 0.1) is 6.04 Å². The molecule has 0 spiro atoms. The van der Waals surface area contributed by atoms with Crippen molar-refractivity contribution in [2.75, 3.05) is 26.7 Å². The molecule has 0 bridgehead atoms. The number of rotatable bonds is 4. The number of hydrogen-bond acceptors (Lipinski definition) is 3. The first kappa shape index (κ1) is 11.5. The van der Waals surface area contributed by atoms with Crippen LogP contribution in [0.3, 0.4) is 0 Å². The molecule has 1 unspecified atom stereocenters. The van der Waals surface area contributed by atoms with Crippen LogP contribution < -0.4 is 5.32 Å². The summed E-state index contributed by atoms with van der Waals surface area (Å²) in [6, 6.07) is -0.0236. The predicted molar refractivity (Wildman–Crippen MR) is 54.9 cm³/mol. The van der Waals surface area contributed by atoms with Crippen LogP contribution in [-0.2, 0) is 4.79 Å². The van der Waals surface area contributed by atoms with Gasteiger partial charge < -0.3 is 15.3 Å². The Labute approximate surface area is 85.3 Å². The molecule has 0 saturated carbocycles. The number of likely N-dealkylation sites (tertiary alicyclic amines) is 1. The van der Waals surface area contributed by atoms with Crippen LogP contribution in [0.25, 0.3) is 0 Å². The van der Waals surface area contributed by atoms with Crippen molar-refractivity contribution in [1.82, 2.24) is 10.2 Å². The van der Waals surface area contributed by atoms with Crippen LogP contribution in [0.2, 0.25) is 0 Å². The standard InChI is InChI=1S/C10H20N2O2/c1-10(2,7-13)6-12-5-4-8(11-3)9(12)14/h8,11,13H,4-7H2,1-3H3. The van der Waals surface area contributed by atoms with Crippen LogP contribution >= 0.6 is 0 Å². The summed E-state index contributed by atoms with van der Waals surface area (Å²) in [5, 5.41) is 12.1. The molecule has 0 aromatic carbocycles. The first-order valence-corrected chi connectivity index (χ1v) is 5.07. The molecule has 4 nitrogen and oxygen atoms in total. The van der Waals surface area contributed by atoms with E-state index in [9.17, 15) is 4.79 Å². The van der Waals surface area contributed by atoms with Gasteiger partial charge >= 0.3 is 0 Å². The number of carbonyl (C=O) groups excluding carboxylic acids is 1. The summed E-state index contributed by atoms with van der Waals surface area (Å²) >= 11 is 0. The lowest BCUT2D eigenvalue weighted by molar-refractivity contribution is -0.130. The zero-order valence-electron chi connectivity index (χ0n) is 9.21. The van der Waals surface area contributed by atoms with Crippen molar-refractivity contribution in [3.05, 3.63) is 0 Å². The summed E-state index contributed by atoms with van der Waals surface area (Å²) in [6.07, 6.45) is 0.872. The molecule has 1 heterocycles. The van der Waals surface area contributed by atoms with Gasteiger partial charge in [-0.05, 0) is 13.5 Å². The van der Waals surface area contributed by atoms with E-state index in [-0.39, 0.29) is 24.0 Å². The van der Waals surface area contributed by atoms with Gasteiger partial charge in [0, 0.05) is 25.1 Å². The van der Waals surface area contributed by atoms with Gasteiger partial charge in [0.25, 0.3) is 0 Å². The van der Waals surface area contributed by atoms with Crippen LogP contribution in [0.4, 0.5) is 0 Å². The molecule has 0 aromatic heterocycles. The number of nitrogens with one attached hydrogen (secondary N) is 1. The lowest BCUT2D eigenvalue weighted by Crippen LogP contribution is -2.41. The van der Waals surface area contributed by atoms with Crippen molar-refractivity contribution in [2.45, 2.75) is 26.3 Å². The van der Waals surface area contributed by atoms with Crippen LogP contribution in [-0.4, -0.2) is 48.7 Å². The molecular formula is C10H20N2O2. The van der Waals surface area contributed by atoms with Crippen molar-refractivity contribution in [1.29, 1.82) is 0 Å². The Hall–Kier alpha value is -0.610. The van der Waals surface area contributed by atoms with Gasteiger partial charge in [0.1, 0.15) is 0 Å². The van der Waals surface area contributed by atoms with E-state index < -0.39 is 0 Å². The Balaban J connectivity index is 2.52. The maximum absolute atomic E-state index is 11.7. The summed E-state index contributed by atoms with van der Waals surface area (Å²) in [6.45, 7) is 5.48. The minimum Gasteiger partial charge on any atom is -0.396 e. The van der Waals surface area contributed by atoms with Crippen molar-refractivity contribution < 1.29 is 9.90 Å². The number of carbonyl (C=O) groups is 1. The Bertz CT molecular complexity index is 216. The molecule has 1 aliphatic heterocycles. The van der Waals surface area contributed by atoms with Gasteiger partial charge in [0.2, 0.25) is 5.91 Å². The highest BCUT2D eigenvalue weighted by Crippen LogP contribution is 2.20. The van der Waals surface area contributed by atoms with Gasteiger partial charge in [-0.15, -0.1) is 0 Å². The van der Waals surface area contributed by atoms with Gasteiger partial charge in [-0.3, -0.25) is 4.79 Å². The van der Waals surface area contributed by atoms with E-state index in [4.69, 9.17) is 5.11 Å². The molecule has 1 aliphatic rings. The predicted octanol–water partition coefficient (Wildman–Crippen LogP) is -0.175.